The maximum Gasteiger partial charge on any atom is 0.243 e. The van der Waals surface area contributed by atoms with Crippen molar-refractivity contribution >= 4 is 32.6 Å². The third-order valence-electron chi connectivity index (χ3n) is 6.27. The van der Waals surface area contributed by atoms with E-state index in [1.165, 1.54) is 18.0 Å². The number of sulfonamides is 1. The Hall–Kier alpha value is -3.43. The second-order valence-corrected chi connectivity index (χ2v) is 11.0. The van der Waals surface area contributed by atoms with E-state index < -0.39 is 28.5 Å². The molecule has 2 amide bonds. The Labute approximate surface area is 219 Å². The summed E-state index contributed by atoms with van der Waals surface area (Å²) >= 11 is 0. The van der Waals surface area contributed by atoms with Crippen molar-refractivity contribution in [1.82, 2.24) is 14.5 Å². The number of carbonyl (C=O) groups excluding carboxylic acids is 2. The molecular formula is C28H35N3O5S. The van der Waals surface area contributed by atoms with Crippen LogP contribution in [0, 0.1) is 0 Å². The van der Waals surface area contributed by atoms with Crippen molar-refractivity contribution in [2.75, 3.05) is 27.2 Å². The normalized spacial score (nSPS) is 12.4. The molecule has 0 aromatic heterocycles. The highest BCUT2D eigenvalue weighted by molar-refractivity contribution is 7.89. The van der Waals surface area contributed by atoms with Crippen LogP contribution in [-0.4, -0.2) is 62.7 Å². The minimum Gasteiger partial charge on any atom is -0.497 e. The molecule has 1 atom stereocenters. The van der Waals surface area contributed by atoms with Crippen LogP contribution in [0.25, 0.3) is 10.8 Å². The fourth-order valence-corrected chi connectivity index (χ4v) is 5.12. The zero-order valence-corrected chi connectivity index (χ0v) is 22.6. The van der Waals surface area contributed by atoms with Crippen LogP contribution >= 0.6 is 0 Å². The highest BCUT2D eigenvalue weighted by atomic mass is 32.2. The number of likely N-dealkylation sites (N-methyl/N-ethyl adjacent to an activating group) is 1. The predicted molar refractivity (Wildman–Crippen MR) is 145 cm³/mol. The molecule has 3 rings (SSSR count). The number of hydrogen-bond donors (Lipinski definition) is 1. The highest BCUT2D eigenvalue weighted by Gasteiger charge is 2.30. The fourth-order valence-electron chi connectivity index (χ4n) is 3.96. The molecule has 0 radical (unpaired) electrons. The minimum atomic E-state index is -3.94. The Morgan fingerprint density at radius 2 is 1.73 bits per heavy atom. The third kappa shape index (κ3) is 7.08. The van der Waals surface area contributed by atoms with E-state index in [1.54, 1.807) is 44.4 Å². The summed E-state index contributed by atoms with van der Waals surface area (Å²) in [5.41, 5.74) is 0.765. The summed E-state index contributed by atoms with van der Waals surface area (Å²) in [6.45, 7) is 3.91. The average molecular weight is 526 g/mol. The molecule has 0 saturated heterocycles. The van der Waals surface area contributed by atoms with Crippen LogP contribution in [0.3, 0.4) is 0 Å². The first-order valence-corrected chi connectivity index (χ1v) is 13.8. The van der Waals surface area contributed by atoms with Gasteiger partial charge in [0.15, 0.2) is 0 Å². The van der Waals surface area contributed by atoms with Crippen molar-refractivity contribution in [1.29, 1.82) is 0 Å². The second kappa shape index (κ2) is 12.7. The number of amides is 2. The van der Waals surface area contributed by atoms with E-state index in [-0.39, 0.29) is 17.3 Å². The summed E-state index contributed by atoms with van der Waals surface area (Å²) in [6, 6.07) is 18.8. The van der Waals surface area contributed by atoms with E-state index in [0.717, 1.165) is 33.5 Å². The Bertz CT molecular complexity index is 1340. The van der Waals surface area contributed by atoms with Crippen molar-refractivity contribution in [3.63, 3.8) is 0 Å². The quantitative estimate of drug-likeness (QED) is 0.363. The van der Waals surface area contributed by atoms with E-state index >= 15 is 0 Å². The second-order valence-electron chi connectivity index (χ2n) is 8.96. The third-order valence-corrected chi connectivity index (χ3v) is 8.07. The lowest BCUT2D eigenvalue weighted by Gasteiger charge is -2.30. The number of carbonyl (C=O) groups is 2. The molecule has 3 aromatic rings. The van der Waals surface area contributed by atoms with Crippen LogP contribution in [0.2, 0.25) is 0 Å². The maximum absolute atomic E-state index is 13.5. The van der Waals surface area contributed by atoms with Gasteiger partial charge in [-0.2, -0.15) is 4.31 Å². The summed E-state index contributed by atoms with van der Waals surface area (Å²) in [7, 11) is -1.01. The summed E-state index contributed by atoms with van der Waals surface area (Å²) < 4.78 is 32.9. The summed E-state index contributed by atoms with van der Waals surface area (Å²) in [5.74, 6) is -0.140. The van der Waals surface area contributed by atoms with Crippen molar-refractivity contribution in [3.8, 4) is 5.75 Å². The molecule has 198 valence electrons. The number of nitrogens with zero attached hydrogens (tertiary/aromatic N) is 2. The molecule has 9 heteroatoms. The first kappa shape index (κ1) is 28.1. The lowest BCUT2D eigenvalue weighted by molar-refractivity contribution is -0.140. The summed E-state index contributed by atoms with van der Waals surface area (Å²) in [6.07, 6.45) is 1.76. The number of rotatable bonds is 12. The number of unbranched alkanes of at least 4 members (excludes halogenated alkanes) is 1. The van der Waals surface area contributed by atoms with Crippen molar-refractivity contribution in [2.45, 2.75) is 44.2 Å². The Morgan fingerprint density at radius 1 is 1.00 bits per heavy atom. The lowest BCUT2D eigenvalue weighted by atomic mass is 10.1. The molecule has 0 heterocycles. The van der Waals surface area contributed by atoms with E-state index in [0.29, 0.717) is 12.3 Å². The summed E-state index contributed by atoms with van der Waals surface area (Å²) in [5, 5.41) is 4.58. The predicted octanol–water partition coefficient (Wildman–Crippen LogP) is 3.80. The standard InChI is InChI=1S/C28H35N3O5S/c1-5-6-16-29-28(33)21(2)31(19-22-10-9-13-25(17-22)36-4)27(32)20-30(3)37(34,35)26-15-14-23-11-7-8-12-24(23)18-26/h7-15,17-18,21H,5-6,16,19-20H2,1-4H3,(H,29,33). The Morgan fingerprint density at radius 3 is 2.43 bits per heavy atom. The molecule has 0 bridgehead atoms. The van der Waals surface area contributed by atoms with Crippen molar-refractivity contribution < 1.29 is 22.7 Å². The smallest absolute Gasteiger partial charge is 0.243 e. The highest BCUT2D eigenvalue weighted by Crippen LogP contribution is 2.22. The number of ether oxygens (including phenoxy) is 1. The van der Waals surface area contributed by atoms with Gasteiger partial charge in [0.2, 0.25) is 21.8 Å². The van der Waals surface area contributed by atoms with Crippen molar-refractivity contribution in [2.24, 2.45) is 0 Å². The fraction of sp³-hybridized carbons (Fsp3) is 0.357. The molecule has 8 nitrogen and oxygen atoms in total. The number of hydrogen-bond acceptors (Lipinski definition) is 5. The van der Waals surface area contributed by atoms with Crippen LogP contribution in [0.15, 0.2) is 71.6 Å². The first-order chi connectivity index (χ1) is 17.7. The zero-order chi connectivity index (χ0) is 27.0. The van der Waals surface area contributed by atoms with Gasteiger partial charge in [-0.25, -0.2) is 8.42 Å². The monoisotopic (exact) mass is 525 g/mol. The number of nitrogens with one attached hydrogen (secondary N) is 1. The molecule has 3 aromatic carbocycles. The molecule has 1 unspecified atom stereocenters. The van der Waals surface area contributed by atoms with E-state index in [4.69, 9.17) is 4.74 Å². The van der Waals surface area contributed by atoms with Crippen LogP contribution in [0.4, 0.5) is 0 Å². The molecule has 0 aliphatic heterocycles. The number of methoxy groups -OCH3 is 1. The van der Waals surface area contributed by atoms with Crippen LogP contribution in [-0.2, 0) is 26.2 Å². The van der Waals surface area contributed by atoms with Gasteiger partial charge >= 0.3 is 0 Å². The average Bonchev–Trinajstić information content (AvgIpc) is 2.91. The van der Waals surface area contributed by atoms with E-state index in [1.807, 2.05) is 37.3 Å². The molecule has 37 heavy (non-hydrogen) atoms. The molecular weight excluding hydrogens is 490 g/mol. The molecule has 0 aliphatic rings. The molecule has 0 fully saturated rings. The van der Waals surface area contributed by atoms with Gasteiger partial charge < -0.3 is 15.0 Å². The maximum atomic E-state index is 13.5. The molecule has 0 spiro atoms. The van der Waals surface area contributed by atoms with Gasteiger partial charge in [0.25, 0.3) is 0 Å². The number of fused-ring (bicyclic) bond motifs is 1. The van der Waals surface area contributed by atoms with Gasteiger partial charge in [-0.05, 0) is 53.9 Å². The SMILES string of the molecule is CCCCNC(=O)C(C)N(Cc1cccc(OC)c1)C(=O)CN(C)S(=O)(=O)c1ccc2ccccc2c1. The Kier molecular flexibility index (Phi) is 9.66. The van der Waals surface area contributed by atoms with Gasteiger partial charge in [0, 0.05) is 20.1 Å². The number of benzene rings is 3. The van der Waals surface area contributed by atoms with Crippen LogP contribution < -0.4 is 10.1 Å². The van der Waals surface area contributed by atoms with Crippen molar-refractivity contribution in [3.05, 3.63) is 72.3 Å². The first-order valence-electron chi connectivity index (χ1n) is 12.3. The minimum absolute atomic E-state index is 0.103. The largest absolute Gasteiger partial charge is 0.497 e. The van der Waals surface area contributed by atoms with Gasteiger partial charge in [-0.1, -0.05) is 55.8 Å². The lowest BCUT2D eigenvalue weighted by Crippen LogP contribution is -2.50. The van der Waals surface area contributed by atoms with Gasteiger partial charge in [0.1, 0.15) is 11.8 Å². The molecule has 0 aliphatic carbocycles. The zero-order valence-electron chi connectivity index (χ0n) is 21.8. The summed E-state index contributed by atoms with van der Waals surface area (Å²) in [4.78, 5) is 27.8. The molecule has 1 N–H and O–H groups in total. The Balaban J connectivity index is 1.83. The van der Waals surface area contributed by atoms with E-state index in [2.05, 4.69) is 5.32 Å². The van der Waals surface area contributed by atoms with Crippen LogP contribution in [0.1, 0.15) is 32.3 Å². The topological polar surface area (TPSA) is 96.0 Å². The van der Waals surface area contributed by atoms with Gasteiger partial charge in [0.05, 0.1) is 18.6 Å². The van der Waals surface area contributed by atoms with Gasteiger partial charge in [-0.3, -0.25) is 9.59 Å². The van der Waals surface area contributed by atoms with E-state index in [9.17, 15) is 18.0 Å². The van der Waals surface area contributed by atoms with Crippen LogP contribution in [0.5, 0.6) is 5.75 Å². The molecule has 0 saturated carbocycles. The van der Waals surface area contributed by atoms with Gasteiger partial charge in [-0.15, -0.1) is 0 Å².